The molecule has 3 aromatic rings. The minimum atomic E-state index is -3.60. The van der Waals surface area contributed by atoms with Crippen LogP contribution in [0.1, 0.15) is 42.9 Å². The number of sulfonamides is 1. The number of halogens is 4. The second-order valence-corrected chi connectivity index (χ2v) is 14.7. The number of alkyl halides is 2. The van der Waals surface area contributed by atoms with Crippen LogP contribution in [0.4, 0.5) is 19.3 Å². The number of hydrogen-bond donors (Lipinski definition) is 1. The van der Waals surface area contributed by atoms with E-state index in [9.17, 15) is 27.2 Å². The van der Waals surface area contributed by atoms with Crippen molar-refractivity contribution in [2.24, 2.45) is 11.8 Å². The molecule has 0 radical (unpaired) electrons. The fourth-order valence-electron chi connectivity index (χ4n) is 4.36. The maximum absolute atomic E-state index is 13.3. The van der Waals surface area contributed by atoms with E-state index in [1.807, 2.05) is 0 Å². The van der Waals surface area contributed by atoms with Crippen molar-refractivity contribution in [1.82, 2.24) is 0 Å². The van der Waals surface area contributed by atoms with Crippen LogP contribution < -0.4 is 23.7 Å². The Bertz CT molecular complexity index is 1670. The Hall–Kier alpha value is -3.20. The van der Waals surface area contributed by atoms with Crippen molar-refractivity contribution in [3.05, 3.63) is 75.2 Å². The number of hydrogen-bond acceptors (Lipinski definition) is 9. The number of ether oxygens (including phenoxy) is 4. The number of aromatic nitrogens is 1. The van der Waals surface area contributed by atoms with Crippen LogP contribution >= 0.6 is 35.0 Å². The van der Waals surface area contributed by atoms with E-state index < -0.39 is 28.0 Å². The summed E-state index contributed by atoms with van der Waals surface area (Å²) in [4.78, 5) is 13.8. The highest BCUT2D eigenvalue weighted by atomic mass is 35.5. The topological polar surface area (TPSA) is 127 Å². The van der Waals surface area contributed by atoms with E-state index in [0.29, 0.717) is 45.8 Å². The van der Waals surface area contributed by atoms with Crippen LogP contribution in [-0.4, -0.2) is 39.8 Å². The zero-order valence-electron chi connectivity index (χ0n) is 24.4. The number of rotatable bonds is 15. The first-order valence-electron chi connectivity index (χ1n) is 14.2. The predicted molar refractivity (Wildman–Crippen MR) is 169 cm³/mol. The summed E-state index contributed by atoms with van der Waals surface area (Å²) in [6.07, 6.45) is 6.07. The highest BCUT2D eigenvalue weighted by Crippen LogP contribution is 2.40. The molecule has 0 bridgehead atoms. The van der Waals surface area contributed by atoms with Gasteiger partial charge in [0.2, 0.25) is 10.0 Å². The predicted octanol–water partition coefficient (Wildman–Crippen LogP) is 7.39. The summed E-state index contributed by atoms with van der Waals surface area (Å²) in [7, 11) is -3.60. The first kappa shape index (κ1) is 34.1. The Morgan fingerprint density at radius 3 is 2.22 bits per heavy atom. The lowest BCUT2D eigenvalue weighted by atomic mass is 10.0. The summed E-state index contributed by atoms with van der Waals surface area (Å²) in [5.41, 5.74) is 0.916. The molecule has 0 aliphatic heterocycles. The van der Waals surface area contributed by atoms with Gasteiger partial charge in [0.15, 0.2) is 23.9 Å². The molecule has 0 unspecified atom stereocenters. The highest BCUT2D eigenvalue weighted by Gasteiger charge is 2.27. The standard InChI is InChI=1S/C30H30Cl2F2N2O8S2/c1-46(39,40)35-24-8-7-20(11-27(24)41-15-17-2-3-17)45-30(37)44-26(12-21-22(31)13-36(38)14-23(21)32)19-6-9-25(43-29(33)34)28(10-19)42-16-18-4-5-18/h6-11,13-14,17-18,26,29,35H,2-5,12,15-16H2,1H3/t26-/m0/s1. The highest BCUT2D eigenvalue weighted by molar-refractivity contribution is 8.13. The smallest absolute Gasteiger partial charge is 0.387 e. The number of carbonyl (C=O) groups excluding carboxylic acids is 1. The zero-order valence-corrected chi connectivity index (χ0v) is 27.6. The molecule has 248 valence electrons. The Balaban J connectivity index is 1.41. The van der Waals surface area contributed by atoms with Crippen molar-refractivity contribution in [2.75, 3.05) is 24.2 Å². The number of nitrogens with zero attached hydrogens (tertiary/aromatic N) is 1. The van der Waals surface area contributed by atoms with E-state index in [1.54, 1.807) is 0 Å². The lowest BCUT2D eigenvalue weighted by Gasteiger charge is -2.21. The monoisotopic (exact) mass is 718 g/mol. The van der Waals surface area contributed by atoms with Crippen LogP contribution in [0.5, 0.6) is 17.2 Å². The van der Waals surface area contributed by atoms with Gasteiger partial charge in [-0.15, -0.1) is 0 Å². The van der Waals surface area contributed by atoms with Gasteiger partial charge in [0, 0.05) is 16.9 Å². The molecule has 5 rings (SSSR count). The summed E-state index contributed by atoms with van der Waals surface area (Å²) in [6, 6.07) is 8.78. The Labute approximate surface area is 278 Å². The second-order valence-electron chi connectivity index (χ2n) is 11.1. The molecule has 1 aromatic heterocycles. The average Bonchev–Trinajstić information content (AvgIpc) is 3.88. The van der Waals surface area contributed by atoms with Crippen LogP contribution in [0.3, 0.4) is 0 Å². The van der Waals surface area contributed by atoms with Gasteiger partial charge < -0.3 is 24.2 Å². The molecular weight excluding hydrogens is 689 g/mol. The van der Waals surface area contributed by atoms with Gasteiger partial charge in [-0.25, -0.2) is 13.2 Å². The van der Waals surface area contributed by atoms with Crippen LogP contribution in [0.15, 0.2) is 53.7 Å². The number of nitrogens with one attached hydrogen (secondary N) is 1. The minimum absolute atomic E-state index is 0.0329. The quantitative estimate of drug-likeness (QED) is 0.0741. The number of thioether (sulfide) groups is 1. The van der Waals surface area contributed by atoms with E-state index in [-0.39, 0.29) is 39.4 Å². The van der Waals surface area contributed by atoms with Gasteiger partial charge in [0.05, 0.1) is 25.2 Å². The van der Waals surface area contributed by atoms with Crippen LogP contribution in [-0.2, 0) is 21.2 Å². The summed E-state index contributed by atoms with van der Waals surface area (Å²) in [6.45, 7) is -2.38. The SMILES string of the molecule is CS(=O)(=O)Nc1ccc(SC(=O)O[C@@H](Cc2c(Cl)c[n+]([O-])cc2Cl)c2ccc(OC(F)F)c(OCC3CC3)c2)cc1OCC1CC1. The molecule has 16 heteroatoms. The van der Waals surface area contributed by atoms with E-state index in [0.717, 1.165) is 56.1 Å². The normalized spacial score (nSPS) is 15.3. The van der Waals surface area contributed by atoms with Crippen molar-refractivity contribution in [3.8, 4) is 17.2 Å². The molecule has 2 aromatic carbocycles. The minimum Gasteiger partial charge on any atom is -0.619 e. The number of carbonyl (C=O) groups is 1. The zero-order chi connectivity index (χ0) is 33.0. The summed E-state index contributed by atoms with van der Waals surface area (Å²) < 4.78 is 75.1. The third-order valence-electron chi connectivity index (χ3n) is 7.03. The summed E-state index contributed by atoms with van der Waals surface area (Å²) in [5, 5.41) is 11.2. The van der Waals surface area contributed by atoms with Crippen molar-refractivity contribution < 1.29 is 45.7 Å². The number of anilines is 1. The molecular formula is C30H30Cl2F2N2O8S2. The molecule has 2 saturated carbocycles. The van der Waals surface area contributed by atoms with E-state index in [2.05, 4.69) is 9.46 Å². The van der Waals surface area contributed by atoms with Gasteiger partial charge in [0.1, 0.15) is 21.9 Å². The van der Waals surface area contributed by atoms with Crippen molar-refractivity contribution in [2.45, 2.75) is 49.7 Å². The first-order chi connectivity index (χ1) is 21.8. The molecule has 2 aliphatic rings. The maximum atomic E-state index is 13.3. The van der Waals surface area contributed by atoms with Crippen LogP contribution in [0.25, 0.3) is 0 Å². The summed E-state index contributed by atoms with van der Waals surface area (Å²) >= 11 is 13.4. The number of benzene rings is 2. The molecule has 10 nitrogen and oxygen atoms in total. The largest absolute Gasteiger partial charge is 0.619 e. The second kappa shape index (κ2) is 14.7. The van der Waals surface area contributed by atoms with Gasteiger partial charge in [-0.2, -0.15) is 13.5 Å². The Morgan fingerprint density at radius 2 is 1.63 bits per heavy atom. The van der Waals surface area contributed by atoms with Gasteiger partial charge in [-0.3, -0.25) is 4.72 Å². The third-order valence-corrected chi connectivity index (χ3v) is 9.03. The van der Waals surface area contributed by atoms with Crippen LogP contribution in [0, 0.1) is 17.0 Å². The molecule has 1 atom stereocenters. The van der Waals surface area contributed by atoms with Crippen molar-refractivity contribution in [3.63, 3.8) is 0 Å². The lowest BCUT2D eigenvalue weighted by molar-refractivity contribution is -0.605. The fraction of sp³-hybridized carbons (Fsp3) is 0.400. The molecule has 0 spiro atoms. The molecule has 2 fully saturated rings. The molecule has 1 N–H and O–H groups in total. The van der Waals surface area contributed by atoms with Gasteiger partial charge in [0.25, 0.3) is 0 Å². The Kier molecular flexibility index (Phi) is 10.9. The summed E-state index contributed by atoms with van der Waals surface area (Å²) in [5.74, 6) is 0.825. The molecule has 2 aliphatic carbocycles. The molecule has 0 amide bonds. The number of pyridine rings is 1. The maximum Gasteiger partial charge on any atom is 0.387 e. The lowest BCUT2D eigenvalue weighted by Crippen LogP contribution is -2.25. The molecule has 0 saturated heterocycles. The van der Waals surface area contributed by atoms with Crippen molar-refractivity contribution in [1.29, 1.82) is 0 Å². The third kappa shape index (κ3) is 10.1. The van der Waals surface area contributed by atoms with E-state index in [1.165, 1.54) is 36.4 Å². The molecule has 1 heterocycles. The van der Waals surface area contributed by atoms with E-state index >= 15 is 0 Å². The Morgan fingerprint density at radius 1 is 1.00 bits per heavy atom. The first-order valence-corrected chi connectivity index (χ1v) is 17.7. The average molecular weight is 720 g/mol. The van der Waals surface area contributed by atoms with Gasteiger partial charge >= 0.3 is 11.9 Å². The van der Waals surface area contributed by atoms with E-state index in [4.69, 9.17) is 37.4 Å². The fourth-order valence-corrected chi connectivity index (χ4v) is 6.19. The molecule has 46 heavy (non-hydrogen) atoms. The van der Waals surface area contributed by atoms with Crippen molar-refractivity contribution >= 4 is 56.0 Å². The van der Waals surface area contributed by atoms with Gasteiger partial charge in [-0.1, -0.05) is 29.3 Å². The van der Waals surface area contributed by atoms with Crippen LogP contribution in [0.2, 0.25) is 10.0 Å². The van der Waals surface area contributed by atoms with Gasteiger partial charge in [-0.05, 0) is 85.2 Å².